The van der Waals surface area contributed by atoms with Gasteiger partial charge in [-0.05, 0) is 25.0 Å². The Morgan fingerprint density at radius 3 is 1.90 bits per heavy atom. The molecule has 1 aromatic carbocycles. The van der Waals surface area contributed by atoms with E-state index in [1.165, 1.54) is 38.5 Å². The molecule has 1 rings (SSSR count). The first-order valence-corrected chi connectivity index (χ1v) is 11.6. The normalized spacial score (nSPS) is 11.8. The van der Waals surface area contributed by atoms with Crippen molar-refractivity contribution < 1.29 is 19.1 Å². The molecule has 1 unspecified atom stereocenters. The molecule has 0 bridgehead atoms. The molecule has 0 aromatic heterocycles. The van der Waals surface area contributed by atoms with Gasteiger partial charge in [-0.3, -0.25) is 9.59 Å². The number of rotatable bonds is 16. The first-order valence-electron chi connectivity index (χ1n) is 11.6. The Balaban J connectivity index is 2.41. The minimum Gasteiger partial charge on any atom is -0.423 e. The minimum absolute atomic E-state index is 0.163. The van der Waals surface area contributed by atoms with Gasteiger partial charge in [0.25, 0.3) is 0 Å². The Morgan fingerprint density at radius 1 is 0.759 bits per heavy atom. The second kappa shape index (κ2) is 16.0. The van der Waals surface area contributed by atoms with Gasteiger partial charge in [0.1, 0.15) is 0 Å². The SMILES string of the molecule is CCCCCCCCC(=O)Oc1ccccc1OC(=O)C(C)CCCCCCC. The summed E-state index contributed by atoms with van der Waals surface area (Å²) in [5, 5.41) is 0. The molecule has 4 nitrogen and oxygen atoms in total. The fraction of sp³-hybridized carbons (Fsp3) is 0.680. The number of esters is 2. The Hall–Kier alpha value is -1.84. The molecular weight excluding hydrogens is 364 g/mol. The summed E-state index contributed by atoms with van der Waals surface area (Å²) in [5.74, 6) is -0.0463. The van der Waals surface area contributed by atoms with E-state index in [1.54, 1.807) is 24.3 Å². The lowest BCUT2D eigenvalue weighted by Crippen LogP contribution is -2.18. The van der Waals surface area contributed by atoms with Gasteiger partial charge in [0, 0.05) is 6.42 Å². The van der Waals surface area contributed by atoms with Gasteiger partial charge in [0.2, 0.25) is 0 Å². The van der Waals surface area contributed by atoms with Gasteiger partial charge in [-0.2, -0.15) is 0 Å². The Morgan fingerprint density at radius 2 is 1.28 bits per heavy atom. The zero-order valence-electron chi connectivity index (χ0n) is 18.7. The van der Waals surface area contributed by atoms with E-state index in [-0.39, 0.29) is 17.9 Å². The highest BCUT2D eigenvalue weighted by Crippen LogP contribution is 2.28. The standard InChI is InChI=1S/C25H40O4/c1-4-6-8-10-12-14-20-24(26)28-22-18-15-16-19-23(22)29-25(27)21(3)17-13-11-9-7-5-2/h15-16,18-19,21H,4-14,17,20H2,1-3H3. The molecule has 0 fully saturated rings. The molecule has 0 aliphatic carbocycles. The molecule has 0 aliphatic rings. The molecule has 0 saturated carbocycles. The molecule has 1 atom stereocenters. The number of unbranched alkanes of at least 4 members (excludes halogenated alkanes) is 9. The molecule has 0 saturated heterocycles. The Bertz CT molecular complexity index is 582. The van der Waals surface area contributed by atoms with Gasteiger partial charge in [0.05, 0.1) is 5.92 Å². The lowest BCUT2D eigenvalue weighted by Gasteiger charge is -2.14. The fourth-order valence-electron chi connectivity index (χ4n) is 3.22. The van der Waals surface area contributed by atoms with E-state index in [1.807, 2.05) is 6.92 Å². The van der Waals surface area contributed by atoms with Crippen molar-refractivity contribution in [3.05, 3.63) is 24.3 Å². The summed E-state index contributed by atoms with van der Waals surface area (Å²) >= 11 is 0. The van der Waals surface area contributed by atoms with Gasteiger partial charge >= 0.3 is 11.9 Å². The van der Waals surface area contributed by atoms with Crippen LogP contribution in [0.2, 0.25) is 0 Å². The lowest BCUT2D eigenvalue weighted by atomic mass is 10.0. The average Bonchev–Trinajstić information content (AvgIpc) is 2.71. The maximum Gasteiger partial charge on any atom is 0.314 e. The van der Waals surface area contributed by atoms with Gasteiger partial charge < -0.3 is 9.47 Å². The average molecular weight is 405 g/mol. The molecule has 0 amide bonds. The number of hydrogen-bond acceptors (Lipinski definition) is 4. The molecule has 0 heterocycles. The van der Waals surface area contributed by atoms with Crippen LogP contribution in [0.5, 0.6) is 11.5 Å². The van der Waals surface area contributed by atoms with Crippen LogP contribution >= 0.6 is 0 Å². The summed E-state index contributed by atoms with van der Waals surface area (Å²) in [6.45, 7) is 6.28. The van der Waals surface area contributed by atoms with E-state index in [4.69, 9.17) is 9.47 Å². The third kappa shape index (κ3) is 11.7. The zero-order valence-corrected chi connectivity index (χ0v) is 18.7. The Kier molecular flexibility index (Phi) is 13.9. The van der Waals surface area contributed by atoms with Crippen molar-refractivity contribution in [2.75, 3.05) is 0 Å². The van der Waals surface area contributed by atoms with Crippen LogP contribution in [0.25, 0.3) is 0 Å². The molecule has 0 radical (unpaired) electrons. The van der Waals surface area contributed by atoms with Crippen LogP contribution in [0.3, 0.4) is 0 Å². The topological polar surface area (TPSA) is 52.6 Å². The van der Waals surface area contributed by atoms with Crippen molar-refractivity contribution in [3.63, 3.8) is 0 Å². The third-order valence-corrected chi connectivity index (χ3v) is 5.16. The van der Waals surface area contributed by atoms with Crippen molar-refractivity contribution >= 4 is 11.9 Å². The van der Waals surface area contributed by atoms with Crippen LogP contribution < -0.4 is 9.47 Å². The molecule has 29 heavy (non-hydrogen) atoms. The van der Waals surface area contributed by atoms with Gasteiger partial charge in [0.15, 0.2) is 11.5 Å². The number of benzene rings is 1. The first kappa shape index (κ1) is 25.2. The van der Waals surface area contributed by atoms with Crippen LogP contribution in [0.4, 0.5) is 0 Å². The molecule has 1 aromatic rings. The molecule has 0 N–H and O–H groups in total. The number of ether oxygens (including phenoxy) is 2. The van der Waals surface area contributed by atoms with Crippen LogP contribution in [-0.4, -0.2) is 11.9 Å². The largest absolute Gasteiger partial charge is 0.423 e. The lowest BCUT2D eigenvalue weighted by molar-refractivity contribution is -0.140. The van der Waals surface area contributed by atoms with Crippen molar-refractivity contribution in [1.29, 1.82) is 0 Å². The van der Waals surface area contributed by atoms with Gasteiger partial charge in [-0.1, -0.05) is 97.1 Å². The minimum atomic E-state index is -0.270. The fourth-order valence-corrected chi connectivity index (χ4v) is 3.22. The monoisotopic (exact) mass is 404 g/mol. The van der Waals surface area contributed by atoms with Crippen molar-refractivity contribution in [2.45, 2.75) is 104 Å². The number of carbonyl (C=O) groups excluding carboxylic acids is 2. The maximum atomic E-state index is 12.4. The highest BCUT2D eigenvalue weighted by molar-refractivity contribution is 5.77. The summed E-state index contributed by atoms with van der Waals surface area (Å²) in [6, 6.07) is 6.92. The van der Waals surface area contributed by atoms with Crippen molar-refractivity contribution in [2.24, 2.45) is 5.92 Å². The predicted octanol–water partition coefficient (Wildman–Crippen LogP) is 7.24. The van der Waals surface area contributed by atoms with Crippen LogP contribution in [0, 0.1) is 5.92 Å². The molecule has 0 spiro atoms. The van der Waals surface area contributed by atoms with E-state index in [2.05, 4.69) is 13.8 Å². The molecule has 164 valence electrons. The summed E-state index contributed by atoms with van der Waals surface area (Å²) in [6.07, 6.45) is 13.8. The summed E-state index contributed by atoms with van der Waals surface area (Å²) in [7, 11) is 0. The predicted molar refractivity (Wildman–Crippen MR) is 118 cm³/mol. The van der Waals surface area contributed by atoms with Crippen molar-refractivity contribution in [1.82, 2.24) is 0 Å². The smallest absolute Gasteiger partial charge is 0.314 e. The molecule has 4 heteroatoms. The number of para-hydroxylation sites is 2. The number of carbonyl (C=O) groups is 2. The van der Waals surface area contributed by atoms with Gasteiger partial charge in [-0.15, -0.1) is 0 Å². The summed E-state index contributed by atoms with van der Waals surface area (Å²) in [5.41, 5.74) is 0. The second-order valence-corrected chi connectivity index (χ2v) is 7.96. The van der Waals surface area contributed by atoms with E-state index in [0.717, 1.165) is 38.5 Å². The van der Waals surface area contributed by atoms with Crippen molar-refractivity contribution in [3.8, 4) is 11.5 Å². The third-order valence-electron chi connectivity index (χ3n) is 5.16. The molecule has 0 aliphatic heterocycles. The highest BCUT2D eigenvalue weighted by Gasteiger charge is 2.18. The summed E-state index contributed by atoms with van der Waals surface area (Å²) < 4.78 is 11.0. The molecular formula is C25H40O4. The zero-order chi connectivity index (χ0) is 21.3. The van der Waals surface area contributed by atoms with E-state index in [9.17, 15) is 9.59 Å². The van der Waals surface area contributed by atoms with E-state index in [0.29, 0.717) is 17.9 Å². The van der Waals surface area contributed by atoms with Crippen LogP contribution in [-0.2, 0) is 9.59 Å². The summed E-state index contributed by atoms with van der Waals surface area (Å²) in [4.78, 5) is 24.5. The maximum absolute atomic E-state index is 12.4. The number of hydrogen-bond donors (Lipinski definition) is 0. The highest BCUT2D eigenvalue weighted by atomic mass is 16.6. The quantitative estimate of drug-likeness (QED) is 0.165. The van der Waals surface area contributed by atoms with Crippen LogP contribution in [0.15, 0.2) is 24.3 Å². The van der Waals surface area contributed by atoms with Crippen LogP contribution in [0.1, 0.15) is 104 Å². The van der Waals surface area contributed by atoms with E-state index < -0.39 is 0 Å². The van der Waals surface area contributed by atoms with E-state index >= 15 is 0 Å². The first-order chi connectivity index (χ1) is 14.1. The Labute approximate surface area is 177 Å². The van der Waals surface area contributed by atoms with Gasteiger partial charge in [-0.25, -0.2) is 0 Å². The second-order valence-electron chi connectivity index (χ2n) is 7.96.